The molecule has 0 aliphatic heterocycles. The van der Waals surface area contributed by atoms with Crippen LogP contribution in [0.1, 0.15) is 25.2 Å². The zero-order valence-corrected chi connectivity index (χ0v) is 12.2. The van der Waals surface area contributed by atoms with E-state index in [2.05, 4.69) is 15.5 Å². The lowest BCUT2D eigenvalue weighted by molar-refractivity contribution is -0.137. The van der Waals surface area contributed by atoms with Crippen LogP contribution in [0.5, 0.6) is 0 Å². The lowest BCUT2D eigenvalue weighted by atomic mass is 10.0. The van der Waals surface area contributed by atoms with Gasteiger partial charge in [-0.05, 0) is 56.6 Å². The second-order valence-corrected chi connectivity index (χ2v) is 5.42. The molecular formula is C13H16F3N5. The monoisotopic (exact) mass is 299 g/mol. The number of hydrogen-bond donors (Lipinski definition) is 0. The molecule has 21 heavy (non-hydrogen) atoms. The summed E-state index contributed by atoms with van der Waals surface area (Å²) in [5, 5.41) is 11.4. The number of rotatable bonds is 3. The highest BCUT2D eigenvalue weighted by atomic mass is 19.4. The van der Waals surface area contributed by atoms with Crippen LogP contribution < -0.4 is 0 Å². The Morgan fingerprint density at radius 2 is 1.81 bits per heavy atom. The van der Waals surface area contributed by atoms with Gasteiger partial charge >= 0.3 is 6.18 Å². The standard InChI is InChI=1S/C13H16F3N5/c1-12(2,20(3)4)11-17-18-19-21(11)10-7-5-6-9(8-10)13(14,15)16/h5-8H,1-4H3. The van der Waals surface area contributed by atoms with Crippen LogP contribution in [-0.4, -0.2) is 39.2 Å². The van der Waals surface area contributed by atoms with Gasteiger partial charge < -0.3 is 0 Å². The molecule has 1 heterocycles. The molecule has 2 rings (SSSR count). The van der Waals surface area contributed by atoms with Crippen LogP contribution in [0.3, 0.4) is 0 Å². The van der Waals surface area contributed by atoms with Gasteiger partial charge in [-0.3, -0.25) is 4.90 Å². The average Bonchev–Trinajstić information content (AvgIpc) is 2.87. The summed E-state index contributed by atoms with van der Waals surface area (Å²) < 4.78 is 39.7. The Kier molecular flexibility index (Phi) is 3.75. The maximum atomic E-state index is 12.8. The Morgan fingerprint density at radius 1 is 1.14 bits per heavy atom. The highest BCUT2D eigenvalue weighted by Gasteiger charge is 2.33. The van der Waals surface area contributed by atoms with Crippen molar-refractivity contribution < 1.29 is 13.2 Å². The number of aromatic nitrogens is 4. The first-order valence-electron chi connectivity index (χ1n) is 6.28. The van der Waals surface area contributed by atoms with Gasteiger partial charge in [0.15, 0.2) is 5.82 Å². The molecule has 0 radical (unpaired) electrons. The van der Waals surface area contributed by atoms with E-state index >= 15 is 0 Å². The molecule has 0 saturated heterocycles. The Morgan fingerprint density at radius 3 is 2.38 bits per heavy atom. The Bertz CT molecular complexity index is 631. The van der Waals surface area contributed by atoms with Crippen LogP contribution >= 0.6 is 0 Å². The summed E-state index contributed by atoms with van der Waals surface area (Å²) in [6.45, 7) is 3.78. The van der Waals surface area contributed by atoms with Crippen LogP contribution in [0.2, 0.25) is 0 Å². The minimum absolute atomic E-state index is 0.278. The molecule has 0 atom stereocenters. The normalized spacial score (nSPS) is 13.0. The third-order valence-corrected chi connectivity index (χ3v) is 3.55. The van der Waals surface area contributed by atoms with Crippen molar-refractivity contribution in [2.45, 2.75) is 25.6 Å². The van der Waals surface area contributed by atoms with E-state index in [9.17, 15) is 13.2 Å². The lowest BCUT2D eigenvalue weighted by Crippen LogP contribution is -2.38. The molecule has 5 nitrogen and oxygen atoms in total. The van der Waals surface area contributed by atoms with Crippen molar-refractivity contribution >= 4 is 0 Å². The maximum Gasteiger partial charge on any atom is 0.416 e. The Hall–Kier alpha value is -1.96. The second-order valence-electron chi connectivity index (χ2n) is 5.42. The molecule has 0 saturated carbocycles. The average molecular weight is 299 g/mol. The molecule has 1 aromatic carbocycles. The molecule has 0 aliphatic rings. The van der Waals surface area contributed by atoms with E-state index < -0.39 is 17.3 Å². The fraction of sp³-hybridized carbons (Fsp3) is 0.462. The van der Waals surface area contributed by atoms with Crippen LogP contribution in [0.25, 0.3) is 5.69 Å². The fourth-order valence-electron chi connectivity index (χ4n) is 1.76. The van der Waals surface area contributed by atoms with E-state index in [0.717, 1.165) is 12.1 Å². The van der Waals surface area contributed by atoms with Crippen molar-refractivity contribution in [1.29, 1.82) is 0 Å². The SMILES string of the molecule is CN(C)C(C)(C)c1nnnn1-c1cccc(C(F)(F)F)c1. The first-order chi connectivity index (χ1) is 9.64. The molecule has 1 aromatic heterocycles. The van der Waals surface area contributed by atoms with Gasteiger partial charge in [-0.15, -0.1) is 5.10 Å². The minimum atomic E-state index is -4.40. The van der Waals surface area contributed by atoms with Crippen LogP contribution in [0.4, 0.5) is 13.2 Å². The number of tetrazole rings is 1. The first-order valence-corrected chi connectivity index (χ1v) is 6.28. The van der Waals surface area contributed by atoms with Crippen molar-refractivity contribution in [3.8, 4) is 5.69 Å². The van der Waals surface area contributed by atoms with Crippen molar-refractivity contribution in [2.24, 2.45) is 0 Å². The van der Waals surface area contributed by atoms with Crippen LogP contribution in [0, 0.1) is 0 Å². The predicted octanol–water partition coefficient (Wildman–Crippen LogP) is 2.48. The number of hydrogen-bond acceptors (Lipinski definition) is 4. The van der Waals surface area contributed by atoms with E-state index in [1.165, 1.54) is 10.7 Å². The highest BCUT2D eigenvalue weighted by molar-refractivity contribution is 5.37. The number of benzene rings is 1. The summed E-state index contributed by atoms with van der Waals surface area (Å²) in [6.07, 6.45) is -4.40. The molecule has 0 unspecified atom stereocenters. The lowest BCUT2D eigenvalue weighted by Gasteiger charge is -2.30. The summed E-state index contributed by atoms with van der Waals surface area (Å²) in [5.41, 5.74) is -0.985. The van der Waals surface area contributed by atoms with E-state index in [4.69, 9.17) is 0 Å². The second kappa shape index (κ2) is 5.10. The van der Waals surface area contributed by atoms with Gasteiger partial charge in [-0.1, -0.05) is 6.07 Å². The highest BCUT2D eigenvalue weighted by Crippen LogP contribution is 2.31. The van der Waals surface area contributed by atoms with Gasteiger partial charge in [0, 0.05) is 0 Å². The Balaban J connectivity index is 2.53. The topological polar surface area (TPSA) is 46.8 Å². The summed E-state index contributed by atoms with van der Waals surface area (Å²) >= 11 is 0. The summed E-state index contributed by atoms with van der Waals surface area (Å²) in [6, 6.07) is 4.93. The van der Waals surface area contributed by atoms with Crippen molar-refractivity contribution in [1.82, 2.24) is 25.1 Å². The van der Waals surface area contributed by atoms with Gasteiger partial charge in [-0.2, -0.15) is 17.9 Å². The number of alkyl halides is 3. The summed E-state index contributed by atoms with van der Waals surface area (Å²) in [7, 11) is 3.70. The number of halogens is 3. The zero-order chi connectivity index (χ0) is 15.8. The minimum Gasteiger partial charge on any atom is -0.297 e. The van der Waals surface area contributed by atoms with Crippen molar-refractivity contribution in [3.63, 3.8) is 0 Å². The quantitative estimate of drug-likeness (QED) is 0.873. The molecular weight excluding hydrogens is 283 g/mol. The van der Waals surface area contributed by atoms with Crippen LogP contribution in [-0.2, 0) is 11.7 Å². The van der Waals surface area contributed by atoms with Gasteiger partial charge in [0.25, 0.3) is 0 Å². The maximum absolute atomic E-state index is 12.8. The molecule has 0 spiro atoms. The molecule has 114 valence electrons. The fourth-order valence-corrected chi connectivity index (χ4v) is 1.76. The summed E-state index contributed by atoms with van der Waals surface area (Å²) in [4.78, 5) is 1.89. The molecule has 8 heteroatoms. The van der Waals surface area contributed by atoms with E-state index in [-0.39, 0.29) is 5.69 Å². The van der Waals surface area contributed by atoms with Gasteiger partial charge in [0.2, 0.25) is 0 Å². The van der Waals surface area contributed by atoms with E-state index in [0.29, 0.717) is 5.82 Å². The van der Waals surface area contributed by atoms with Gasteiger partial charge in [0.1, 0.15) is 0 Å². The third-order valence-electron chi connectivity index (χ3n) is 3.55. The van der Waals surface area contributed by atoms with Gasteiger partial charge in [0.05, 0.1) is 16.8 Å². The smallest absolute Gasteiger partial charge is 0.297 e. The third kappa shape index (κ3) is 2.90. The number of nitrogens with zero attached hydrogens (tertiary/aromatic N) is 5. The molecule has 0 bridgehead atoms. The van der Waals surface area contributed by atoms with Crippen molar-refractivity contribution in [3.05, 3.63) is 35.7 Å². The molecule has 0 N–H and O–H groups in total. The molecule has 0 fully saturated rings. The van der Waals surface area contributed by atoms with Crippen LogP contribution in [0.15, 0.2) is 24.3 Å². The largest absolute Gasteiger partial charge is 0.416 e. The van der Waals surface area contributed by atoms with Gasteiger partial charge in [-0.25, -0.2) is 0 Å². The molecule has 0 aliphatic carbocycles. The van der Waals surface area contributed by atoms with Crippen molar-refractivity contribution in [2.75, 3.05) is 14.1 Å². The Labute approximate surface area is 120 Å². The first kappa shape index (κ1) is 15.4. The van der Waals surface area contributed by atoms with E-state index in [1.54, 1.807) is 6.07 Å². The zero-order valence-electron chi connectivity index (χ0n) is 12.2. The summed E-state index contributed by atoms with van der Waals surface area (Å²) in [5.74, 6) is 0.465. The van der Waals surface area contributed by atoms with E-state index in [1.807, 2.05) is 32.8 Å². The molecule has 2 aromatic rings. The predicted molar refractivity (Wildman–Crippen MR) is 70.9 cm³/mol. The molecule has 0 amide bonds.